The Kier molecular flexibility index (Phi) is 4.32. The average Bonchev–Trinajstić information content (AvgIpc) is 2.70. The van der Waals surface area contributed by atoms with Crippen LogP contribution in [0.2, 0.25) is 0 Å². The van der Waals surface area contributed by atoms with Gasteiger partial charge in [0.05, 0.1) is 17.0 Å². The predicted molar refractivity (Wildman–Crippen MR) is 70.9 cm³/mol. The Morgan fingerprint density at radius 1 is 1.14 bits per heavy atom. The lowest BCUT2D eigenvalue weighted by Gasteiger charge is -2.08. The van der Waals surface area contributed by atoms with E-state index in [0.717, 1.165) is 12.1 Å². The van der Waals surface area contributed by atoms with Gasteiger partial charge in [0.15, 0.2) is 11.6 Å². The molecule has 0 aliphatic rings. The molecule has 2 N–H and O–H groups in total. The van der Waals surface area contributed by atoms with Crippen LogP contribution >= 0.6 is 0 Å². The van der Waals surface area contributed by atoms with Crippen molar-refractivity contribution in [1.29, 1.82) is 0 Å². The number of aromatic amines is 1. The Bertz CT molecular complexity index is 783. The van der Waals surface area contributed by atoms with Crippen molar-refractivity contribution in [2.75, 3.05) is 10.5 Å². The summed E-state index contributed by atoms with van der Waals surface area (Å²) < 4.78 is 87.7. The van der Waals surface area contributed by atoms with Crippen LogP contribution in [0.5, 0.6) is 0 Å². The van der Waals surface area contributed by atoms with E-state index in [4.69, 9.17) is 0 Å². The molecule has 2 rings (SSSR count). The van der Waals surface area contributed by atoms with Crippen LogP contribution in [0.1, 0.15) is 12.8 Å². The first kappa shape index (κ1) is 16.5. The van der Waals surface area contributed by atoms with E-state index < -0.39 is 46.4 Å². The van der Waals surface area contributed by atoms with Gasteiger partial charge in [0, 0.05) is 24.1 Å². The van der Waals surface area contributed by atoms with E-state index in [-0.39, 0.29) is 16.6 Å². The summed E-state index contributed by atoms with van der Waals surface area (Å²) in [6.07, 6.45) is -5.08. The van der Waals surface area contributed by atoms with Crippen molar-refractivity contribution in [3.8, 4) is 0 Å². The molecule has 0 fully saturated rings. The predicted octanol–water partition coefficient (Wildman–Crippen LogP) is 3.53. The zero-order valence-electron chi connectivity index (χ0n) is 11.0. The van der Waals surface area contributed by atoms with Crippen LogP contribution < -0.4 is 4.72 Å². The summed E-state index contributed by atoms with van der Waals surface area (Å²) in [7, 11) is -4.03. The first-order valence-electron chi connectivity index (χ1n) is 6.11. The Morgan fingerprint density at radius 3 is 2.41 bits per heavy atom. The van der Waals surface area contributed by atoms with Gasteiger partial charge in [-0.3, -0.25) is 4.72 Å². The maximum absolute atomic E-state index is 13.2. The van der Waals surface area contributed by atoms with Crippen molar-refractivity contribution >= 4 is 26.6 Å². The number of anilines is 1. The first-order valence-corrected chi connectivity index (χ1v) is 7.76. The third-order valence-electron chi connectivity index (χ3n) is 2.86. The van der Waals surface area contributed by atoms with Gasteiger partial charge in [0.25, 0.3) is 0 Å². The van der Waals surface area contributed by atoms with Gasteiger partial charge < -0.3 is 4.98 Å². The zero-order chi connectivity index (χ0) is 16.5. The summed E-state index contributed by atoms with van der Waals surface area (Å²) >= 11 is 0. The summed E-state index contributed by atoms with van der Waals surface area (Å²) in [6, 6.07) is 1.65. The van der Waals surface area contributed by atoms with E-state index in [0.29, 0.717) is 0 Å². The molecule has 10 heteroatoms. The number of halogens is 5. The number of alkyl halides is 3. The molecule has 0 spiro atoms. The summed E-state index contributed by atoms with van der Waals surface area (Å²) in [6.45, 7) is 0. The molecule has 0 amide bonds. The van der Waals surface area contributed by atoms with Gasteiger partial charge in [-0.15, -0.1) is 0 Å². The fourth-order valence-corrected chi connectivity index (χ4v) is 3.01. The van der Waals surface area contributed by atoms with Gasteiger partial charge in [0.1, 0.15) is 0 Å². The Labute approximate surface area is 122 Å². The fraction of sp³-hybridized carbons (Fsp3) is 0.333. The average molecular weight is 342 g/mol. The highest BCUT2D eigenvalue weighted by atomic mass is 32.2. The van der Waals surface area contributed by atoms with Crippen LogP contribution in [0.15, 0.2) is 18.3 Å². The number of sulfonamides is 1. The van der Waals surface area contributed by atoms with Crippen LogP contribution in [-0.4, -0.2) is 25.3 Å². The van der Waals surface area contributed by atoms with E-state index in [2.05, 4.69) is 9.71 Å². The number of nitrogens with one attached hydrogen (secondary N) is 2. The third kappa shape index (κ3) is 4.09. The molecule has 122 valence electrons. The molecule has 0 radical (unpaired) electrons. The van der Waals surface area contributed by atoms with Crippen LogP contribution in [0.3, 0.4) is 0 Å². The Morgan fingerprint density at radius 2 is 1.77 bits per heavy atom. The summed E-state index contributed by atoms with van der Waals surface area (Å²) in [4.78, 5) is 2.55. The molecule has 1 aromatic carbocycles. The van der Waals surface area contributed by atoms with Crippen molar-refractivity contribution in [1.82, 2.24) is 4.98 Å². The minimum atomic E-state index is -4.43. The van der Waals surface area contributed by atoms with Gasteiger partial charge in [-0.05, 0) is 12.5 Å². The normalized spacial score (nSPS) is 12.8. The second-order valence-electron chi connectivity index (χ2n) is 4.65. The van der Waals surface area contributed by atoms with Gasteiger partial charge >= 0.3 is 6.18 Å². The van der Waals surface area contributed by atoms with Crippen LogP contribution in [0.25, 0.3) is 10.9 Å². The number of benzene rings is 1. The topological polar surface area (TPSA) is 62.0 Å². The van der Waals surface area contributed by atoms with Crippen molar-refractivity contribution in [2.24, 2.45) is 0 Å². The second-order valence-corrected chi connectivity index (χ2v) is 6.50. The maximum Gasteiger partial charge on any atom is 0.389 e. The van der Waals surface area contributed by atoms with Crippen molar-refractivity contribution in [3.05, 3.63) is 30.0 Å². The van der Waals surface area contributed by atoms with E-state index in [9.17, 15) is 30.4 Å². The van der Waals surface area contributed by atoms with E-state index in [1.54, 1.807) is 0 Å². The minimum Gasteiger partial charge on any atom is -0.359 e. The van der Waals surface area contributed by atoms with Crippen molar-refractivity contribution in [2.45, 2.75) is 19.0 Å². The van der Waals surface area contributed by atoms with E-state index in [1.807, 2.05) is 0 Å². The minimum absolute atomic E-state index is 0.0547. The van der Waals surface area contributed by atoms with Gasteiger partial charge in [-0.25, -0.2) is 17.2 Å². The number of fused-ring (bicyclic) bond motifs is 1. The van der Waals surface area contributed by atoms with Crippen LogP contribution in [0.4, 0.5) is 27.6 Å². The number of rotatable bonds is 5. The molecule has 0 atom stereocenters. The SMILES string of the molecule is O=S(=O)(CCCC(F)(F)F)Nc1c[nH]c2cc(F)c(F)cc12. The summed E-state index contributed by atoms with van der Waals surface area (Å²) in [5.41, 5.74) is 0.104. The highest BCUT2D eigenvalue weighted by Crippen LogP contribution is 2.27. The number of hydrogen-bond acceptors (Lipinski definition) is 2. The number of hydrogen-bond donors (Lipinski definition) is 2. The van der Waals surface area contributed by atoms with Crippen LogP contribution in [0, 0.1) is 11.6 Å². The molecule has 4 nitrogen and oxygen atoms in total. The third-order valence-corrected chi connectivity index (χ3v) is 4.22. The molecule has 0 bridgehead atoms. The number of H-pyrrole nitrogens is 1. The van der Waals surface area contributed by atoms with Gasteiger partial charge in [0.2, 0.25) is 10.0 Å². The summed E-state index contributed by atoms with van der Waals surface area (Å²) in [5, 5.41) is 0.0818. The molecule has 2 aromatic rings. The van der Waals surface area contributed by atoms with E-state index in [1.165, 1.54) is 6.20 Å². The lowest BCUT2D eigenvalue weighted by atomic mass is 10.2. The Hall–Kier alpha value is -1.84. The fourth-order valence-electron chi connectivity index (χ4n) is 1.88. The van der Waals surface area contributed by atoms with Crippen molar-refractivity contribution < 1.29 is 30.4 Å². The molecule has 1 aromatic heterocycles. The number of aromatic nitrogens is 1. The maximum atomic E-state index is 13.2. The van der Waals surface area contributed by atoms with Crippen LogP contribution in [-0.2, 0) is 10.0 Å². The van der Waals surface area contributed by atoms with Gasteiger partial charge in [-0.2, -0.15) is 13.2 Å². The first-order chi connectivity index (χ1) is 10.1. The quantitative estimate of drug-likeness (QED) is 0.817. The lowest BCUT2D eigenvalue weighted by molar-refractivity contribution is -0.134. The van der Waals surface area contributed by atoms with E-state index >= 15 is 0 Å². The molecule has 1 heterocycles. The molecule has 22 heavy (non-hydrogen) atoms. The standard InChI is InChI=1S/C12H11F5N2O2S/c13-8-4-7-10(5-9(8)14)18-6-11(7)19-22(20,21)3-1-2-12(15,16)17/h4-6,18-19H,1-3H2. The molecule has 0 aliphatic heterocycles. The molecule has 0 aliphatic carbocycles. The second kappa shape index (κ2) is 5.75. The monoisotopic (exact) mass is 342 g/mol. The molecular formula is C12H11F5N2O2S. The summed E-state index contributed by atoms with van der Waals surface area (Å²) in [5.74, 6) is -3.00. The smallest absolute Gasteiger partial charge is 0.359 e. The Balaban J connectivity index is 2.14. The highest BCUT2D eigenvalue weighted by molar-refractivity contribution is 7.92. The molecule has 0 unspecified atom stereocenters. The lowest BCUT2D eigenvalue weighted by Crippen LogP contribution is -2.18. The largest absolute Gasteiger partial charge is 0.389 e. The zero-order valence-corrected chi connectivity index (χ0v) is 11.8. The molecular weight excluding hydrogens is 331 g/mol. The van der Waals surface area contributed by atoms with Gasteiger partial charge in [-0.1, -0.05) is 0 Å². The molecule has 0 saturated carbocycles. The molecule has 0 saturated heterocycles. The highest BCUT2D eigenvalue weighted by Gasteiger charge is 2.27. The van der Waals surface area contributed by atoms with Crippen molar-refractivity contribution in [3.63, 3.8) is 0 Å².